The van der Waals surface area contributed by atoms with Gasteiger partial charge < -0.3 is 15.1 Å². The van der Waals surface area contributed by atoms with E-state index in [0.717, 1.165) is 30.6 Å². The minimum Gasteiger partial charge on any atom is -0.352 e. The third-order valence-corrected chi connectivity index (χ3v) is 5.89. The molecule has 2 aliphatic heterocycles. The molecule has 2 aromatic carbocycles. The zero-order valence-electron chi connectivity index (χ0n) is 17.0. The molecule has 0 bridgehead atoms. The van der Waals surface area contributed by atoms with Crippen molar-refractivity contribution in [1.29, 1.82) is 0 Å². The van der Waals surface area contributed by atoms with Crippen molar-refractivity contribution in [2.75, 3.05) is 24.5 Å². The van der Waals surface area contributed by atoms with E-state index in [2.05, 4.69) is 17.4 Å². The van der Waals surface area contributed by atoms with Gasteiger partial charge in [-0.05, 0) is 36.1 Å². The van der Waals surface area contributed by atoms with E-state index in [4.69, 9.17) is 0 Å². The second kappa shape index (κ2) is 9.11. The maximum atomic E-state index is 12.6. The number of hydrogen-bond acceptors (Lipinski definition) is 3. The molecule has 1 atom stereocenters. The zero-order valence-corrected chi connectivity index (χ0v) is 17.0. The Morgan fingerprint density at radius 3 is 2.43 bits per heavy atom. The molecule has 2 fully saturated rings. The van der Waals surface area contributed by atoms with Crippen LogP contribution in [0.4, 0.5) is 5.69 Å². The van der Waals surface area contributed by atoms with Crippen molar-refractivity contribution in [1.82, 2.24) is 10.2 Å². The molecule has 2 heterocycles. The maximum Gasteiger partial charge on any atom is 0.227 e. The summed E-state index contributed by atoms with van der Waals surface area (Å²) in [4.78, 5) is 40.3. The van der Waals surface area contributed by atoms with Crippen LogP contribution in [0, 0.1) is 5.92 Å². The average molecular weight is 405 g/mol. The summed E-state index contributed by atoms with van der Waals surface area (Å²) in [6, 6.07) is 17.8. The number of likely N-dealkylation sites (tertiary alicyclic amines) is 1. The number of rotatable bonds is 7. The number of anilines is 1. The van der Waals surface area contributed by atoms with E-state index >= 15 is 0 Å². The Morgan fingerprint density at radius 1 is 0.967 bits per heavy atom. The Morgan fingerprint density at radius 2 is 1.73 bits per heavy atom. The number of benzene rings is 2. The van der Waals surface area contributed by atoms with Crippen molar-refractivity contribution in [2.45, 2.75) is 32.2 Å². The van der Waals surface area contributed by atoms with Crippen molar-refractivity contribution in [3.05, 3.63) is 65.7 Å². The van der Waals surface area contributed by atoms with Gasteiger partial charge in [-0.25, -0.2) is 0 Å². The van der Waals surface area contributed by atoms with Gasteiger partial charge in [0.15, 0.2) is 0 Å². The Balaban J connectivity index is 1.25. The average Bonchev–Trinajstić information content (AvgIpc) is 3.37. The summed E-state index contributed by atoms with van der Waals surface area (Å²) in [6.07, 6.45) is 2.59. The molecule has 0 aromatic heterocycles. The lowest BCUT2D eigenvalue weighted by atomic mass is 10.1. The van der Waals surface area contributed by atoms with E-state index < -0.39 is 0 Å². The van der Waals surface area contributed by atoms with Crippen LogP contribution in [0.3, 0.4) is 0 Å². The van der Waals surface area contributed by atoms with Gasteiger partial charge in [-0.15, -0.1) is 0 Å². The Kier molecular flexibility index (Phi) is 6.12. The maximum absolute atomic E-state index is 12.6. The largest absolute Gasteiger partial charge is 0.352 e. The van der Waals surface area contributed by atoms with Crippen LogP contribution in [-0.2, 0) is 27.3 Å². The van der Waals surface area contributed by atoms with E-state index in [1.807, 2.05) is 42.5 Å². The highest BCUT2D eigenvalue weighted by Crippen LogP contribution is 2.22. The fourth-order valence-corrected chi connectivity index (χ4v) is 4.12. The standard InChI is InChI=1S/C24H27N3O3/c28-22-7-4-13-27(22)21-10-8-19(9-11-21)16-25-24(30)20-15-23(29)26(17-20)14-12-18-5-2-1-3-6-18/h1-3,5-6,8-11,20H,4,7,12-17H2,(H,25,30). The lowest BCUT2D eigenvalue weighted by Gasteiger charge is -2.17. The monoisotopic (exact) mass is 405 g/mol. The second-order valence-corrected chi connectivity index (χ2v) is 8.01. The molecule has 1 N–H and O–H groups in total. The molecular weight excluding hydrogens is 378 g/mol. The molecule has 3 amide bonds. The smallest absolute Gasteiger partial charge is 0.227 e. The van der Waals surface area contributed by atoms with Crippen LogP contribution in [0.15, 0.2) is 54.6 Å². The van der Waals surface area contributed by atoms with Crippen LogP contribution < -0.4 is 10.2 Å². The highest BCUT2D eigenvalue weighted by molar-refractivity contribution is 5.95. The summed E-state index contributed by atoms with van der Waals surface area (Å²) in [6.45, 7) is 2.31. The third kappa shape index (κ3) is 4.70. The molecule has 156 valence electrons. The Hall–Kier alpha value is -3.15. The van der Waals surface area contributed by atoms with E-state index in [-0.39, 0.29) is 30.1 Å². The third-order valence-electron chi connectivity index (χ3n) is 5.89. The highest BCUT2D eigenvalue weighted by atomic mass is 16.2. The molecular formula is C24H27N3O3. The number of nitrogens with one attached hydrogen (secondary N) is 1. The first-order valence-corrected chi connectivity index (χ1v) is 10.6. The topological polar surface area (TPSA) is 69.7 Å². The number of nitrogens with zero attached hydrogens (tertiary/aromatic N) is 2. The van der Waals surface area contributed by atoms with E-state index in [9.17, 15) is 14.4 Å². The van der Waals surface area contributed by atoms with E-state index in [1.165, 1.54) is 5.56 Å². The number of carbonyl (C=O) groups is 3. The van der Waals surface area contributed by atoms with Crippen LogP contribution in [0.5, 0.6) is 0 Å². The van der Waals surface area contributed by atoms with E-state index in [1.54, 1.807) is 9.80 Å². The predicted molar refractivity (Wildman–Crippen MR) is 115 cm³/mol. The molecule has 0 radical (unpaired) electrons. The SMILES string of the molecule is O=C(NCc1ccc(N2CCCC2=O)cc1)C1CC(=O)N(CCc2ccccc2)C1. The minimum absolute atomic E-state index is 0.0470. The van der Waals surface area contributed by atoms with Crippen molar-refractivity contribution in [3.63, 3.8) is 0 Å². The molecule has 6 heteroatoms. The normalized spacial score (nSPS) is 18.9. The van der Waals surface area contributed by atoms with Crippen molar-refractivity contribution < 1.29 is 14.4 Å². The first-order chi connectivity index (χ1) is 14.6. The molecule has 0 saturated carbocycles. The van der Waals surface area contributed by atoms with Gasteiger partial charge in [0.2, 0.25) is 17.7 Å². The fourth-order valence-electron chi connectivity index (χ4n) is 4.12. The van der Waals surface area contributed by atoms with Gasteiger partial charge in [0, 0.05) is 44.7 Å². The van der Waals surface area contributed by atoms with Crippen molar-refractivity contribution >= 4 is 23.4 Å². The Labute approximate surface area is 176 Å². The second-order valence-electron chi connectivity index (χ2n) is 8.01. The van der Waals surface area contributed by atoms with Gasteiger partial charge in [-0.1, -0.05) is 42.5 Å². The number of amides is 3. The van der Waals surface area contributed by atoms with Crippen molar-refractivity contribution in [3.8, 4) is 0 Å². The Bertz CT molecular complexity index is 911. The van der Waals surface area contributed by atoms with Crippen LogP contribution in [-0.4, -0.2) is 42.3 Å². The number of hydrogen-bond donors (Lipinski definition) is 1. The molecule has 2 aliphatic rings. The summed E-state index contributed by atoms with van der Waals surface area (Å²) >= 11 is 0. The van der Waals surface area contributed by atoms with Gasteiger partial charge in [0.25, 0.3) is 0 Å². The van der Waals surface area contributed by atoms with Gasteiger partial charge in [-0.2, -0.15) is 0 Å². The van der Waals surface area contributed by atoms with Gasteiger partial charge in [-0.3, -0.25) is 14.4 Å². The summed E-state index contributed by atoms with van der Waals surface area (Å²) in [5.41, 5.74) is 3.07. The zero-order chi connectivity index (χ0) is 20.9. The quantitative estimate of drug-likeness (QED) is 0.770. The van der Waals surface area contributed by atoms with Gasteiger partial charge >= 0.3 is 0 Å². The van der Waals surface area contributed by atoms with Crippen LogP contribution in [0.25, 0.3) is 0 Å². The first-order valence-electron chi connectivity index (χ1n) is 10.6. The molecule has 2 saturated heterocycles. The van der Waals surface area contributed by atoms with Gasteiger partial charge in [0.1, 0.15) is 0 Å². The summed E-state index contributed by atoms with van der Waals surface area (Å²) in [5, 5.41) is 2.96. The predicted octanol–water partition coefficient (Wildman–Crippen LogP) is 2.52. The highest BCUT2D eigenvalue weighted by Gasteiger charge is 2.33. The lowest BCUT2D eigenvalue weighted by Crippen LogP contribution is -2.33. The lowest BCUT2D eigenvalue weighted by molar-refractivity contribution is -0.129. The molecule has 0 aliphatic carbocycles. The number of carbonyl (C=O) groups excluding carboxylic acids is 3. The molecule has 30 heavy (non-hydrogen) atoms. The molecule has 0 spiro atoms. The summed E-state index contributed by atoms with van der Waals surface area (Å²) < 4.78 is 0. The molecule has 1 unspecified atom stereocenters. The van der Waals surface area contributed by atoms with Crippen LogP contribution >= 0.6 is 0 Å². The van der Waals surface area contributed by atoms with E-state index in [0.29, 0.717) is 26.1 Å². The molecule has 6 nitrogen and oxygen atoms in total. The summed E-state index contributed by atoms with van der Waals surface area (Å²) in [7, 11) is 0. The minimum atomic E-state index is -0.297. The molecule has 4 rings (SSSR count). The molecule has 2 aromatic rings. The fraction of sp³-hybridized carbons (Fsp3) is 0.375. The van der Waals surface area contributed by atoms with Crippen molar-refractivity contribution in [2.24, 2.45) is 5.92 Å². The summed E-state index contributed by atoms with van der Waals surface area (Å²) in [5.74, 6) is -0.163. The van der Waals surface area contributed by atoms with Crippen LogP contribution in [0.2, 0.25) is 0 Å². The van der Waals surface area contributed by atoms with Gasteiger partial charge in [0.05, 0.1) is 5.92 Å². The first kappa shape index (κ1) is 20.1. The van der Waals surface area contributed by atoms with Crippen LogP contribution in [0.1, 0.15) is 30.4 Å².